The maximum Gasteiger partial charge on any atom is 0.257 e. The van der Waals surface area contributed by atoms with E-state index in [-0.39, 0.29) is 5.91 Å². The Hall–Kier alpha value is -1.43. The molecule has 1 aliphatic rings. The summed E-state index contributed by atoms with van der Waals surface area (Å²) in [5.74, 6) is 0.621. The lowest BCUT2D eigenvalue weighted by atomic mass is 10.2. The highest BCUT2D eigenvalue weighted by molar-refractivity contribution is 9.09. The summed E-state index contributed by atoms with van der Waals surface area (Å²) >= 11 is 3.48. The first-order valence-electron chi connectivity index (χ1n) is 5.92. The van der Waals surface area contributed by atoms with Crippen molar-refractivity contribution in [1.29, 1.82) is 0 Å². The van der Waals surface area contributed by atoms with Crippen molar-refractivity contribution in [3.63, 3.8) is 0 Å². The first-order chi connectivity index (χ1) is 8.79. The number of aromatic nitrogens is 3. The number of hydrogen-bond acceptors (Lipinski definition) is 3. The van der Waals surface area contributed by atoms with Crippen LogP contribution in [-0.4, -0.2) is 43.8 Å². The van der Waals surface area contributed by atoms with E-state index in [0.29, 0.717) is 11.5 Å². The summed E-state index contributed by atoms with van der Waals surface area (Å²) in [7, 11) is 0. The van der Waals surface area contributed by atoms with Crippen LogP contribution in [0.15, 0.2) is 24.8 Å². The van der Waals surface area contributed by atoms with Gasteiger partial charge >= 0.3 is 0 Å². The molecule has 0 N–H and O–H groups in total. The molecule has 94 valence electrons. The molecule has 0 radical (unpaired) electrons. The van der Waals surface area contributed by atoms with Gasteiger partial charge in [-0.15, -0.1) is 0 Å². The highest BCUT2D eigenvalue weighted by atomic mass is 79.9. The van der Waals surface area contributed by atoms with Gasteiger partial charge in [-0.1, -0.05) is 15.9 Å². The smallest absolute Gasteiger partial charge is 0.257 e. The molecule has 1 unspecified atom stereocenters. The number of hydrogen-bond donors (Lipinski definition) is 0. The van der Waals surface area contributed by atoms with Crippen LogP contribution in [0.5, 0.6) is 0 Å². The molecule has 0 spiro atoms. The molecule has 0 aromatic carbocycles. The van der Waals surface area contributed by atoms with Crippen molar-refractivity contribution < 1.29 is 4.79 Å². The maximum absolute atomic E-state index is 12.4. The predicted octanol–water partition coefficient (Wildman–Crippen LogP) is 1.59. The largest absolute Gasteiger partial charge is 0.338 e. The van der Waals surface area contributed by atoms with Gasteiger partial charge in [0.05, 0.1) is 23.5 Å². The van der Waals surface area contributed by atoms with Crippen LogP contribution in [0.25, 0.3) is 5.52 Å². The summed E-state index contributed by atoms with van der Waals surface area (Å²) in [6.07, 6.45) is 7.77. The van der Waals surface area contributed by atoms with Crippen molar-refractivity contribution in [3.8, 4) is 0 Å². The number of likely N-dealkylation sites (tertiary alicyclic amines) is 1. The van der Waals surface area contributed by atoms with E-state index in [2.05, 4.69) is 26.0 Å². The topological polar surface area (TPSA) is 50.5 Å². The molecule has 1 fully saturated rings. The molecule has 18 heavy (non-hydrogen) atoms. The molecule has 1 atom stereocenters. The standard InChI is InChI=1S/C12H13BrN4O/c13-5-9-1-3-16(8-9)12(18)10-6-15-17-4-2-14-7-11(10)17/h2,4,6-7,9H,1,3,5,8H2. The summed E-state index contributed by atoms with van der Waals surface area (Å²) in [6.45, 7) is 1.65. The number of rotatable bonds is 2. The zero-order valence-corrected chi connectivity index (χ0v) is 11.4. The molecule has 0 saturated carbocycles. The van der Waals surface area contributed by atoms with Crippen LogP contribution in [0.4, 0.5) is 0 Å². The third-order valence-electron chi connectivity index (χ3n) is 3.35. The van der Waals surface area contributed by atoms with E-state index in [4.69, 9.17) is 0 Å². The lowest BCUT2D eigenvalue weighted by Crippen LogP contribution is -2.28. The van der Waals surface area contributed by atoms with Gasteiger partial charge < -0.3 is 4.90 Å². The number of halogens is 1. The van der Waals surface area contributed by atoms with Crippen LogP contribution in [0.3, 0.4) is 0 Å². The number of nitrogens with zero attached hydrogens (tertiary/aromatic N) is 4. The second-order valence-corrected chi connectivity index (χ2v) is 5.17. The van der Waals surface area contributed by atoms with Crippen LogP contribution in [0, 0.1) is 5.92 Å². The van der Waals surface area contributed by atoms with E-state index < -0.39 is 0 Å². The lowest BCUT2D eigenvalue weighted by molar-refractivity contribution is 0.0790. The molecule has 0 bridgehead atoms. The Morgan fingerprint density at radius 3 is 3.17 bits per heavy atom. The van der Waals surface area contributed by atoms with Gasteiger partial charge in [0, 0.05) is 30.8 Å². The van der Waals surface area contributed by atoms with Gasteiger partial charge in [-0.2, -0.15) is 5.10 Å². The summed E-state index contributed by atoms with van der Waals surface area (Å²) in [5, 5.41) is 5.12. The third kappa shape index (κ3) is 1.90. The van der Waals surface area contributed by atoms with Gasteiger partial charge in [0.25, 0.3) is 5.91 Å². The van der Waals surface area contributed by atoms with E-state index in [1.807, 2.05) is 4.90 Å². The summed E-state index contributed by atoms with van der Waals surface area (Å²) in [4.78, 5) is 18.4. The third-order valence-corrected chi connectivity index (χ3v) is 4.26. The number of carbonyl (C=O) groups is 1. The molecule has 1 amide bonds. The van der Waals surface area contributed by atoms with E-state index in [1.54, 1.807) is 29.3 Å². The van der Waals surface area contributed by atoms with Gasteiger partial charge in [-0.3, -0.25) is 9.78 Å². The molecule has 1 aliphatic heterocycles. The maximum atomic E-state index is 12.4. The van der Waals surface area contributed by atoms with Gasteiger partial charge in [0.2, 0.25) is 0 Å². The van der Waals surface area contributed by atoms with Crippen LogP contribution in [-0.2, 0) is 0 Å². The zero-order chi connectivity index (χ0) is 12.5. The Kier molecular flexibility index (Phi) is 3.03. The molecule has 3 rings (SSSR count). The van der Waals surface area contributed by atoms with Gasteiger partial charge in [-0.05, 0) is 12.3 Å². The number of amides is 1. The normalized spacial score (nSPS) is 19.6. The Balaban J connectivity index is 1.89. The number of alkyl halides is 1. The van der Waals surface area contributed by atoms with Crippen molar-refractivity contribution in [2.45, 2.75) is 6.42 Å². The van der Waals surface area contributed by atoms with Crippen molar-refractivity contribution in [2.75, 3.05) is 18.4 Å². The fraction of sp³-hybridized carbons (Fsp3) is 0.417. The Morgan fingerprint density at radius 1 is 1.50 bits per heavy atom. The minimum atomic E-state index is 0.0569. The number of carbonyl (C=O) groups excluding carboxylic acids is 1. The van der Waals surface area contributed by atoms with E-state index in [1.165, 1.54) is 0 Å². The van der Waals surface area contributed by atoms with E-state index >= 15 is 0 Å². The molecule has 2 aromatic rings. The fourth-order valence-electron chi connectivity index (χ4n) is 2.31. The molecule has 3 heterocycles. The highest BCUT2D eigenvalue weighted by Crippen LogP contribution is 2.21. The van der Waals surface area contributed by atoms with Gasteiger partial charge in [-0.25, -0.2) is 4.52 Å². The Labute approximate surface area is 113 Å². The fourth-order valence-corrected chi connectivity index (χ4v) is 2.84. The molecule has 6 heteroatoms. The van der Waals surface area contributed by atoms with Crippen molar-refractivity contribution in [3.05, 3.63) is 30.4 Å². The molecular formula is C12H13BrN4O. The molecule has 0 aliphatic carbocycles. The summed E-state index contributed by atoms with van der Waals surface area (Å²) in [6, 6.07) is 0. The quantitative estimate of drug-likeness (QED) is 0.792. The minimum absolute atomic E-state index is 0.0569. The molecule has 2 aromatic heterocycles. The zero-order valence-electron chi connectivity index (χ0n) is 9.79. The van der Waals surface area contributed by atoms with Crippen LogP contribution in [0.2, 0.25) is 0 Å². The van der Waals surface area contributed by atoms with Crippen LogP contribution < -0.4 is 0 Å². The summed E-state index contributed by atoms with van der Waals surface area (Å²) < 4.78 is 1.68. The molecular weight excluding hydrogens is 296 g/mol. The SMILES string of the molecule is O=C(c1cnn2ccncc12)N1CCC(CBr)C1. The Morgan fingerprint density at radius 2 is 2.39 bits per heavy atom. The van der Waals surface area contributed by atoms with E-state index in [0.717, 1.165) is 30.4 Å². The molecule has 1 saturated heterocycles. The van der Waals surface area contributed by atoms with Crippen molar-refractivity contribution in [1.82, 2.24) is 19.5 Å². The van der Waals surface area contributed by atoms with Crippen LogP contribution >= 0.6 is 15.9 Å². The summed E-state index contributed by atoms with van der Waals surface area (Å²) in [5.41, 5.74) is 1.41. The molecule has 5 nitrogen and oxygen atoms in total. The monoisotopic (exact) mass is 308 g/mol. The second kappa shape index (κ2) is 4.68. The van der Waals surface area contributed by atoms with Crippen LogP contribution in [0.1, 0.15) is 16.8 Å². The van der Waals surface area contributed by atoms with Gasteiger partial charge in [0.1, 0.15) is 0 Å². The first-order valence-corrected chi connectivity index (χ1v) is 7.04. The predicted molar refractivity (Wildman–Crippen MR) is 70.8 cm³/mol. The lowest BCUT2D eigenvalue weighted by Gasteiger charge is -2.15. The van der Waals surface area contributed by atoms with Crippen molar-refractivity contribution >= 4 is 27.4 Å². The van der Waals surface area contributed by atoms with E-state index in [9.17, 15) is 4.79 Å². The average molecular weight is 309 g/mol. The minimum Gasteiger partial charge on any atom is -0.338 e. The first kappa shape index (κ1) is 11.6. The van der Waals surface area contributed by atoms with Crippen molar-refractivity contribution in [2.24, 2.45) is 5.92 Å². The van der Waals surface area contributed by atoms with Gasteiger partial charge in [0.15, 0.2) is 0 Å². The Bertz CT molecular complexity index is 582. The highest BCUT2D eigenvalue weighted by Gasteiger charge is 2.27. The number of fused-ring (bicyclic) bond motifs is 1. The average Bonchev–Trinajstić information content (AvgIpc) is 3.04. The second-order valence-electron chi connectivity index (χ2n) is 4.52.